The maximum atomic E-state index is 11.5. The van der Waals surface area contributed by atoms with Crippen molar-refractivity contribution in [1.29, 1.82) is 0 Å². The van der Waals surface area contributed by atoms with Crippen LogP contribution in [0.1, 0.15) is 10.4 Å². The average Bonchev–Trinajstić information content (AvgIpc) is 2.18. The van der Waals surface area contributed by atoms with Crippen molar-refractivity contribution in [2.24, 2.45) is 0 Å². The molecule has 0 N–H and O–H groups in total. The van der Waals surface area contributed by atoms with Gasteiger partial charge in [-0.3, -0.25) is 9.78 Å². The summed E-state index contributed by atoms with van der Waals surface area (Å²) < 4.78 is 0. The Kier molecular flexibility index (Phi) is 3.14. The molecule has 4 heteroatoms. The van der Waals surface area contributed by atoms with Crippen molar-refractivity contribution < 1.29 is 9.59 Å². The van der Waals surface area contributed by atoms with Crippen LogP contribution in [0.4, 0.5) is 0 Å². The highest BCUT2D eigenvalue weighted by atomic mass is 16.2. The smallest absolute Gasteiger partial charge is 0.255 e. The molecule has 0 aromatic carbocycles. The minimum Gasteiger partial charge on any atom is -0.335 e. The van der Waals surface area contributed by atoms with Crippen LogP contribution in [-0.2, 0) is 4.79 Å². The average molecular weight is 178 g/mol. The molecule has 1 rings (SSSR count). The van der Waals surface area contributed by atoms with E-state index in [0.29, 0.717) is 11.8 Å². The van der Waals surface area contributed by atoms with Gasteiger partial charge in [-0.15, -0.1) is 0 Å². The number of pyridine rings is 1. The number of aldehydes is 1. The van der Waals surface area contributed by atoms with E-state index in [-0.39, 0.29) is 12.5 Å². The number of hydrogen-bond acceptors (Lipinski definition) is 3. The lowest BCUT2D eigenvalue weighted by molar-refractivity contribution is -0.108. The molecule has 0 spiro atoms. The lowest BCUT2D eigenvalue weighted by atomic mass is 10.2. The molecule has 0 bridgehead atoms. The Morgan fingerprint density at radius 3 is 3.00 bits per heavy atom. The van der Waals surface area contributed by atoms with Gasteiger partial charge in [0.05, 0.1) is 12.1 Å². The van der Waals surface area contributed by atoms with Crippen LogP contribution in [0.5, 0.6) is 0 Å². The van der Waals surface area contributed by atoms with Crippen LogP contribution in [0.15, 0.2) is 24.5 Å². The molecule has 0 saturated heterocycles. The summed E-state index contributed by atoms with van der Waals surface area (Å²) in [6.07, 6.45) is 3.76. The van der Waals surface area contributed by atoms with Crippen LogP contribution in [0.25, 0.3) is 0 Å². The molecular weight excluding hydrogens is 168 g/mol. The number of amides is 1. The number of nitrogens with zero attached hydrogens (tertiary/aromatic N) is 2. The fraction of sp³-hybridized carbons (Fsp3) is 0.222. The molecule has 0 unspecified atom stereocenters. The molecule has 0 saturated carbocycles. The maximum Gasteiger partial charge on any atom is 0.255 e. The van der Waals surface area contributed by atoms with Crippen LogP contribution >= 0.6 is 0 Å². The number of carbonyl (C=O) groups excluding carboxylic acids is 2. The van der Waals surface area contributed by atoms with Gasteiger partial charge in [0.25, 0.3) is 5.91 Å². The van der Waals surface area contributed by atoms with Crippen molar-refractivity contribution in [3.05, 3.63) is 30.1 Å². The molecule has 0 aliphatic heterocycles. The van der Waals surface area contributed by atoms with Gasteiger partial charge in [0.1, 0.15) is 6.29 Å². The fourth-order valence-electron chi connectivity index (χ4n) is 0.904. The van der Waals surface area contributed by atoms with Gasteiger partial charge in [0.2, 0.25) is 0 Å². The van der Waals surface area contributed by atoms with Gasteiger partial charge in [-0.2, -0.15) is 0 Å². The number of likely N-dealkylation sites (N-methyl/N-ethyl adjacent to an activating group) is 1. The normalized spacial score (nSPS) is 9.31. The standard InChI is InChI=1S/C9H10N2O2/c1-11(5-6-12)9(13)8-3-2-4-10-7-8/h2-4,6-7H,5H2,1H3. The molecule has 0 aliphatic carbocycles. The Morgan fingerprint density at radius 1 is 1.69 bits per heavy atom. The lowest BCUT2D eigenvalue weighted by Gasteiger charge is -2.12. The van der Waals surface area contributed by atoms with Gasteiger partial charge in [0.15, 0.2) is 0 Å². The van der Waals surface area contributed by atoms with E-state index in [2.05, 4.69) is 4.98 Å². The zero-order valence-electron chi connectivity index (χ0n) is 7.30. The summed E-state index contributed by atoms with van der Waals surface area (Å²) in [5.41, 5.74) is 0.492. The van der Waals surface area contributed by atoms with E-state index in [4.69, 9.17) is 0 Å². The number of carbonyl (C=O) groups is 2. The first-order valence-electron chi connectivity index (χ1n) is 3.85. The zero-order chi connectivity index (χ0) is 9.68. The van der Waals surface area contributed by atoms with Crippen molar-refractivity contribution in [2.75, 3.05) is 13.6 Å². The molecule has 13 heavy (non-hydrogen) atoms. The highest BCUT2D eigenvalue weighted by Gasteiger charge is 2.09. The predicted octanol–water partition coefficient (Wildman–Crippen LogP) is 0.352. The highest BCUT2D eigenvalue weighted by molar-refractivity contribution is 5.94. The third kappa shape index (κ3) is 2.37. The summed E-state index contributed by atoms with van der Waals surface area (Å²) in [6, 6.07) is 3.35. The molecule has 0 radical (unpaired) electrons. The number of hydrogen-bond donors (Lipinski definition) is 0. The monoisotopic (exact) mass is 178 g/mol. The van der Waals surface area contributed by atoms with E-state index >= 15 is 0 Å². The summed E-state index contributed by atoms with van der Waals surface area (Å²) in [6.45, 7) is 0.105. The fourth-order valence-corrected chi connectivity index (χ4v) is 0.904. The number of rotatable bonds is 3. The Bertz CT molecular complexity index is 298. The second kappa shape index (κ2) is 4.35. The number of aromatic nitrogens is 1. The van der Waals surface area contributed by atoms with E-state index in [1.165, 1.54) is 11.1 Å². The second-order valence-corrected chi connectivity index (χ2v) is 2.59. The van der Waals surface area contributed by atoms with Crippen LogP contribution < -0.4 is 0 Å². The van der Waals surface area contributed by atoms with Crippen molar-refractivity contribution in [1.82, 2.24) is 9.88 Å². The van der Waals surface area contributed by atoms with Gasteiger partial charge < -0.3 is 9.69 Å². The quantitative estimate of drug-likeness (QED) is 0.627. The van der Waals surface area contributed by atoms with Crippen LogP contribution in [-0.4, -0.2) is 35.7 Å². The summed E-state index contributed by atoms with van der Waals surface area (Å²) in [5.74, 6) is -0.194. The highest BCUT2D eigenvalue weighted by Crippen LogP contribution is 1.99. The minimum absolute atomic E-state index is 0.105. The zero-order valence-corrected chi connectivity index (χ0v) is 7.30. The van der Waals surface area contributed by atoms with Gasteiger partial charge in [-0.25, -0.2) is 0 Å². The predicted molar refractivity (Wildman–Crippen MR) is 47.3 cm³/mol. The Labute approximate surface area is 76.2 Å². The van der Waals surface area contributed by atoms with Gasteiger partial charge in [-0.05, 0) is 12.1 Å². The van der Waals surface area contributed by atoms with Crippen LogP contribution in [0.2, 0.25) is 0 Å². The minimum atomic E-state index is -0.194. The van der Waals surface area contributed by atoms with Crippen molar-refractivity contribution in [3.8, 4) is 0 Å². The topological polar surface area (TPSA) is 50.3 Å². The summed E-state index contributed by atoms with van der Waals surface area (Å²) in [5, 5.41) is 0. The molecule has 4 nitrogen and oxygen atoms in total. The molecule has 68 valence electrons. The van der Waals surface area contributed by atoms with E-state index in [1.807, 2.05) is 0 Å². The SMILES string of the molecule is CN(CC=O)C(=O)c1cccnc1. The Morgan fingerprint density at radius 2 is 2.46 bits per heavy atom. The van der Waals surface area contributed by atoms with E-state index < -0.39 is 0 Å². The third-order valence-corrected chi connectivity index (χ3v) is 1.60. The van der Waals surface area contributed by atoms with Crippen LogP contribution in [0.3, 0.4) is 0 Å². The largest absolute Gasteiger partial charge is 0.335 e. The second-order valence-electron chi connectivity index (χ2n) is 2.59. The first-order valence-corrected chi connectivity index (χ1v) is 3.85. The molecule has 0 aliphatic rings. The van der Waals surface area contributed by atoms with Crippen LogP contribution in [0, 0.1) is 0 Å². The first kappa shape index (κ1) is 9.38. The third-order valence-electron chi connectivity index (χ3n) is 1.60. The van der Waals surface area contributed by atoms with E-state index in [0.717, 1.165) is 0 Å². The van der Waals surface area contributed by atoms with E-state index in [1.54, 1.807) is 25.4 Å². The summed E-state index contributed by atoms with van der Waals surface area (Å²) in [4.78, 5) is 26.8. The first-order chi connectivity index (χ1) is 6.25. The summed E-state index contributed by atoms with van der Waals surface area (Å²) in [7, 11) is 1.57. The molecule has 1 amide bonds. The van der Waals surface area contributed by atoms with E-state index in [9.17, 15) is 9.59 Å². The molecule has 0 atom stereocenters. The Balaban J connectivity index is 2.73. The van der Waals surface area contributed by atoms with Gasteiger partial charge in [0, 0.05) is 19.4 Å². The van der Waals surface area contributed by atoms with Crippen molar-refractivity contribution in [3.63, 3.8) is 0 Å². The molecule has 1 heterocycles. The summed E-state index contributed by atoms with van der Waals surface area (Å²) >= 11 is 0. The molecule has 1 aromatic rings. The van der Waals surface area contributed by atoms with Crippen molar-refractivity contribution >= 4 is 12.2 Å². The molecule has 1 aromatic heterocycles. The van der Waals surface area contributed by atoms with Crippen molar-refractivity contribution in [2.45, 2.75) is 0 Å². The molecular formula is C9H10N2O2. The van der Waals surface area contributed by atoms with Gasteiger partial charge in [-0.1, -0.05) is 0 Å². The molecule has 0 fully saturated rings. The Hall–Kier alpha value is -1.71. The maximum absolute atomic E-state index is 11.5. The van der Waals surface area contributed by atoms with Gasteiger partial charge >= 0.3 is 0 Å². The lowest BCUT2D eigenvalue weighted by Crippen LogP contribution is -2.28.